The Kier molecular flexibility index (Phi) is 4.64. The maximum Gasteiger partial charge on any atom is 0.333 e. The minimum atomic E-state index is -0.191. The zero-order chi connectivity index (χ0) is 9.72. The molecule has 0 heterocycles. The Labute approximate surface area is 74.6 Å². The summed E-state index contributed by atoms with van der Waals surface area (Å²) in [5.74, 6) is 0.220. The van der Waals surface area contributed by atoms with E-state index in [1.54, 1.807) is 0 Å². The van der Waals surface area contributed by atoms with Gasteiger partial charge in [0.1, 0.15) is 0 Å². The smallest absolute Gasteiger partial charge is 0.333 e. The second-order valence-electron chi connectivity index (χ2n) is 3.18. The molecule has 0 unspecified atom stereocenters. The Bertz CT molecular complexity index is 190. The lowest BCUT2D eigenvalue weighted by Crippen LogP contribution is -2.08. The van der Waals surface area contributed by atoms with Crippen molar-refractivity contribution >= 4 is 5.97 Å². The highest BCUT2D eigenvalue weighted by atomic mass is 16.5. The van der Waals surface area contributed by atoms with Gasteiger partial charge in [-0.2, -0.15) is 0 Å². The van der Waals surface area contributed by atoms with E-state index in [9.17, 15) is 4.79 Å². The lowest BCUT2D eigenvalue weighted by molar-refractivity contribution is -0.138. The zero-order valence-electron chi connectivity index (χ0n) is 8.60. The maximum atomic E-state index is 11.2. The van der Waals surface area contributed by atoms with Gasteiger partial charge < -0.3 is 4.74 Å². The van der Waals surface area contributed by atoms with Crippen LogP contribution < -0.4 is 0 Å². The third-order valence-corrected chi connectivity index (χ3v) is 2.04. The summed E-state index contributed by atoms with van der Waals surface area (Å²) in [4.78, 5) is 11.2. The molecule has 0 aromatic heterocycles. The third-order valence-electron chi connectivity index (χ3n) is 2.04. The van der Waals surface area contributed by atoms with Crippen LogP contribution in [0.5, 0.6) is 0 Å². The molecule has 0 aliphatic rings. The van der Waals surface area contributed by atoms with Crippen molar-refractivity contribution in [2.45, 2.75) is 34.6 Å². The van der Waals surface area contributed by atoms with Gasteiger partial charge in [0.25, 0.3) is 0 Å². The molecule has 0 fully saturated rings. The molecule has 0 saturated carbocycles. The minimum absolute atomic E-state index is 0.191. The summed E-state index contributed by atoms with van der Waals surface area (Å²) in [6.07, 6.45) is 0. The summed E-state index contributed by atoms with van der Waals surface area (Å²) < 4.78 is 4.88. The first-order valence-electron chi connectivity index (χ1n) is 4.35. The highest BCUT2D eigenvalue weighted by Crippen LogP contribution is 2.14. The van der Waals surface area contributed by atoms with E-state index >= 15 is 0 Å². The number of hydrogen-bond acceptors (Lipinski definition) is 2. The van der Waals surface area contributed by atoms with Gasteiger partial charge in [0.2, 0.25) is 0 Å². The highest BCUT2D eigenvalue weighted by molar-refractivity contribution is 5.88. The largest absolute Gasteiger partial charge is 0.463 e. The van der Waals surface area contributed by atoms with Gasteiger partial charge in [0.05, 0.1) is 6.61 Å². The first kappa shape index (κ1) is 11.2. The van der Waals surface area contributed by atoms with E-state index in [4.69, 9.17) is 4.74 Å². The molecule has 0 spiro atoms. The van der Waals surface area contributed by atoms with Crippen molar-refractivity contribution in [1.82, 2.24) is 0 Å². The molecule has 0 radical (unpaired) electrons. The van der Waals surface area contributed by atoms with Gasteiger partial charge >= 0.3 is 5.97 Å². The summed E-state index contributed by atoms with van der Waals surface area (Å²) in [6.45, 7) is 10.2. The Morgan fingerprint density at radius 1 is 1.33 bits per heavy atom. The van der Waals surface area contributed by atoms with E-state index in [2.05, 4.69) is 13.8 Å². The molecule has 0 N–H and O–H groups in total. The average Bonchev–Trinajstić information content (AvgIpc) is 2.02. The quantitative estimate of drug-likeness (QED) is 0.480. The van der Waals surface area contributed by atoms with Gasteiger partial charge in [-0.05, 0) is 26.7 Å². The van der Waals surface area contributed by atoms with Gasteiger partial charge in [-0.1, -0.05) is 19.4 Å². The third kappa shape index (κ3) is 3.07. The molecule has 0 amide bonds. The summed E-state index contributed by atoms with van der Waals surface area (Å²) in [7, 11) is 0. The van der Waals surface area contributed by atoms with Crippen molar-refractivity contribution in [2.24, 2.45) is 5.92 Å². The molecule has 0 aromatic rings. The zero-order valence-corrected chi connectivity index (χ0v) is 8.60. The van der Waals surface area contributed by atoms with E-state index in [-0.39, 0.29) is 5.97 Å². The van der Waals surface area contributed by atoms with E-state index in [1.807, 2.05) is 20.8 Å². The van der Waals surface area contributed by atoms with Crippen molar-refractivity contribution in [1.29, 1.82) is 0 Å². The number of ether oxygens (including phenoxy) is 1. The van der Waals surface area contributed by atoms with Crippen molar-refractivity contribution in [3.05, 3.63) is 11.1 Å². The Morgan fingerprint density at radius 3 is 2.17 bits per heavy atom. The SMILES string of the molecule is CCOC(=O)/C(C)=C(\C)C(C)C. The summed E-state index contributed by atoms with van der Waals surface area (Å²) >= 11 is 0. The molecule has 0 aliphatic heterocycles. The Balaban J connectivity index is 4.43. The van der Waals surface area contributed by atoms with E-state index in [0.29, 0.717) is 12.5 Å². The molecular weight excluding hydrogens is 152 g/mol. The van der Waals surface area contributed by atoms with Gasteiger partial charge in [0.15, 0.2) is 0 Å². The maximum absolute atomic E-state index is 11.2. The van der Waals surface area contributed by atoms with Gasteiger partial charge in [-0.3, -0.25) is 0 Å². The molecule has 2 heteroatoms. The van der Waals surface area contributed by atoms with Gasteiger partial charge in [0, 0.05) is 5.57 Å². The van der Waals surface area contributed by atoms with Crippen molar-refractivity contribution in [3.8, 4) is 0 Å². The topological polar surface area (TPSA) is 26.3 Å². The fourth-order valence-corrected chi connectivity index (χ4v) is 0.833. The lowest BCUT2D eigenvalue weighted by Gasteiger charge is -2.09. The number of allylic oxidation sites excluding steroid dienone is 1. The van der Waals surface area contributed by atoms with Crippen LogP contribution in [0.3, 0.4) is 0 Å². The molecule has 12 heavy (non-hydrogen) atoms. The second-order valence-corrected chi connectivity index (χ2v) is 3.18. The second kappa shape index (κ2) is 4.96. The fraction of sp³-hybridized carbons (Fsp3) is 0.700. The van der Waals surface area contributed by atoms with Crippen LogP contribution in [-0.2, 0) is 9.53 Å². The van der Waals surface area contributed by atoms with Crippen LogP contribution in [0.15, 0.2) is 11.1 Å². The summed E-state index contributed by atoms with van der Waals surface area (Å²) in [6, 6.07) is 0. The summed E-state index contributed by atoms with van der Waals surface area (Å²) in [5.41, 5.74) is 1.85. The molecule has 0 atom stereocenters. The van der Waals surface area contributed by atoms with Crippen molar-refractivity contribution < 1.29 is 9.53 Å². The Hall–Kier alpha value is -0.790. The van der Waals surface area contributed by atoms with Gasteiger partial charge in [-0.25, -0.2) is 4.79 Å². The molecule has 2 nitrogen and oxygen atoms in total. The minimum Gasteiger partial charge on any atom is -0.463 e. The van der Waals surface area contributed by atoms with Crippen LogP contribution in [-0.4, -0.2) is 12.6 Å². The molecule has 0 bridgehead atoms. The van der Waals surface area contributed by atoms with Crippen LogP contribution in [0.4, 0.5) is 0 Å². The first-order valence-corrected chi connectivity index (χ1v) is 4.35. The van der Waals surface area contributed by atoms with E-state index in [0.717, 1.165) is 11.1 Å². The van der Waals surface area contributed by atoms with Crippen LogP contribution in [0.25, 0.3) is 0 Å². The normalized spacial score (nSPS) is 12.8. The van der Waals surface area contributed by atoms with Crippen LogP contribution in [0, 0.1) is 5.92 Å². The molecule has 0 saturated heterocycles. The van der Waals surface area contributed by atoms with Crippen LogP contribution in [0.2, 0.25) is 0 Å². The van der Waals surface area contributed by atoms with E-state index < -0.39 is 0 Å². The van der Waals surface area contributed by atoms with Crippen LogP contribution in [0.1, 0.15) is 34.6 Å². The van der Waals surface area contributed by atoms with E-state index in [1.165, 1.54) is 0 Å². The molecule has 0 rings (SSSR count). The number of hydrogen-bond donors (Lipinski definition) is 0. The summed E-state index contributed by atoms with van der Waals surface area (Å²) in [5, 5.41) is 0. The number of rotatable bonds is 3. The van der Waals surface area contributed by atoms with Crippen LogP contribution >= 0.6 is 0 Å². The predicted octanol–water partition coefficient (Wildman–Crippen LogP) is 2.54. The van der Waals surface area contributed by atoms with Gasteiger partial charge in [-0.15, -0.1) is 0 Å². The monoisotopic (exact) mass is 170 g/mol. The first-order chi connectivity index (χ1) is 5.50. The Morgan fingerprint density at radius 2 is 1.83 bits per heavy atom. The van der Waals surface area contributed by atoms with Crippen molar-refractivity contribution in [2.75, 3.05) is 6.61 Å². The fourth-order valence-electron chi connectivity index (χ4n) is 0.833. The standard InChI is InChI=1S/C10H18O2/c1-6-12-10(11)9(5)8(4)7(2)3/h7H,6H2,1-5H3/b9-8+. The van der Waals surface area contributed by atoms with Crippen molar-refractivity contribution in [3.63, 3.8) is 0 Å². The lowest BCUT2D eigenvalue weighted by atomic mass is 10.0. The highest BCUT2D eigenvalue weighted by Gasteiger charge is 2.10. The predicted molar refractivity (Wildman–Crippen MR) is 49.8 cm³/mol. The number of carbonyl (C=O) groups excluding carboxylic acids is 1. The molecule has 0 aromatic carbocycles. The average molecular weight is 170 g/mol. The molecule has 70 valence electrons. The number of esters is 1. The molecule has 0 aliphatic carbocycles. The molecular formula is C10H18O2. The number of carbonyl (C=O) groups is 1.